The van der Waals surface area contributed by atoms with Gasteiger partial charge in [0.05, 0.1) is 10.0 Å². The molecule has 84 valence electrons. The number of aryl methyl sites for hydroxylation is 1. The first-order valence-electron chi connectivity index (χ1n) is 4.12. The molecule has 0 spiro atoms. The molecule has 0 aromatic heterocycles. The lowest BCUT2D eigenvalue weighted by atomic mass is 10.2. The van der Waals surface area contributed by atoms with Gasteiger partial charge in [-0.3, -0.25) is 4.57 Å². The van der Waals surface area contributed by atoms with Crippen LogP contribution in [0.3, 0.4) is 0 Å². The summed E-state index contributed by atoms with van der Waals surface area (Å²) >= 11 is 11.9. The van der Waals surface area contributed by atoms with Crippen LogP contribution in [-0.4, -0.2) is 14.2 Å². The van der Waals surface area contributed by atoms with E-state index in [4.69, 9.17) is 32.2 Å². The molecule has 0 saturated carbocycles. The summed E-state index contributed by atoms with van der Waals surface area (Å²) in [6.45, 7) is 1.84. The van der Waals surface area contributed by atoms with Crippen LogP contribution in [0, 0.1) is 6.92 Å². The first-order chi connectivity index (χ1) is 6.94. The molecule has 0 fully saturated rings. The normalized spacial score (nSPS) is 11.8. The van der Waals surface area contributed by atoms with Crippen molar-refractivity contribution in [3.8, 4) is 0 Å². The molecule has 0 aliphatic rings. The average molecular weight is 269 g/mol. The van der Waals surface area contributed by atoms with Crippen molar-refractivity contribution in [1.82, 2.24) is 0 Å². The van der Waals surface area contributed by atoms with Crippen molar-refractivity contribution in [2.45, 2.75) is 6.92 Å². The van der Waals surface area contributed by atoms with Gasteiger partial charge in [-0.2, -0.15) is 0 Å². The Labute approximate surface area is 98.8 Å². The zero-order chi connectivity index (χ0) is 11.6. The van der Waals surface area contributed by atoms with E-state index in [1.807, 2.05) is 6.92 Å². The highest BCUT2D eigenvalue weighted by Crippen LogP contribution is 2.49. The van der Waals surface area contributed by atoms with E-state index >= 15 is 0 Å². The second-order valence-electron chi connectivity index (χ2n) is 2.94. The molecule has 15 heavy (non-hydrogen) atoms. The maximum Gasteiger partial charge on any atom is 0.363 e. The first kappa shape index (κ1) is 13.0. The van der Waals surface area contributed by atoms with Gasteiger partial charge in [-0.1, -0.05) is 23.2 Å². The Morgan fingerprint density at radius 2 is 1.53 bits per heavy atom. The minimum Gasteiger partial charge on any atom is -0.308 e. The number of hydrogen-bond acceptors (Lipinski definition) is 3. The maximum absolute atomic E-state index is 12.1. The lowest BCUT2D eigenvalue weighted by molar-refractivity contribution is 0.287. The SMILES string of the molecule is COP(=O)(OC)c1c(Cl)cc(C)cc1Cl. The standard InChI is InChI=1S/C9H11Cl2O3P/c1-6-4-7(10)9(8(11)5-6)15(12,13-2)14-3/h4-5H,1-3H3. The Morgan fingerprint density at radius 1 is 1.13 bits per heavy atom. The fraction of sp³-hybridized carbons (Fsp3) is 0.333. The van der Waals surface area contributed by atoms with Gasteiger partial charge >= 0.3 is 7.60 Å². The highest BCUT2D eigenvalue weighted by Gasteiger charge is 2.30. The van der Waals surface area contributed by atoms with Gasteiger partial charge in [0.25, 0.3) is 0 Å². The van der Waals surface area contributed by atoms with Crippen molar-refractivity contribution >= 4 is 36.1 Å². The molecule has 0 aliphatic heterocycles. The number of benzene rings is 1. The van der Waals surface area contributed by atoms with Crippen molar-refractivity contribution in [2.75, 3.05) is 14.2 Å². The van der Waals surface area contributed by atoms with E-state index in [0.717, 1.165) is 5.56 Å². The summed E-state index contributed by atoms with van der Waals surface area (Å²) in [5, 5.41) is 0.778. The number of hydrogen-bond donors (Lipinski definition) is 0. The summed E-state index contributed by atoms with van der Waals surface area (Å²) in [6.07, 6.45) is 0. The van der Waals surface area contributed by atoms with Crippen molar-refractivity contribution in [1.29, 1.82) is 0 Å². The summed E-state index contributed by atoms with van der Waals surface area (Å²) in [4.78, 5) is 0. The third-order valence-electron chi connectivity index (χ3n) is 1.92. The molecular formula is C9H11Cl2O3P. The summed E-state index contributed by atoms with van der Waals surface area (Å²) < 4.78 is 21.8. The highest BCUT2D eigenvalue weighted by atomic mass is 35.5. The summed E-state index contributed by atoms with van der Waals surface area (Å²) in [5.41, 5.74) is 0.882. The van der Waals surface area contributed by atoms with Crippen molar-refractivity contribution < 1.29 is 13.6 Å². The van der Waals surface area contributed by atoms with Gasteiger partial charge in [0.15, 0.2) is 0 Å². The van der Waals surface area contributed by atoms with Crippen LogP contribution in [0.1, 0.15) is 5.56 Å². The van der Waals surface area contributed by atoms with Gasteiger partial charge in [-0.25, -0.2) is 0 Å². The molecule has 0 saturated heterocycles. The van der Waals surface area contributed by atoms with E-state index in [2.05, 4.69) is 0 Å². The number of halogens is 2. The largest absolute Gasteiger partial charge is 0.363 e. The number of rotatable bonds is 3. The lowest BCUT2D eigenvalue weighted by Crippen LogP contribution is -2.11. The average Bonchev–Trinajstić information content (AvgIpc) is 2.15. The molecule has 0 N–H and O–H groups in total. The molecule has 0 aliphatic carbocycles. The van der Waals surface area contributed by atoms with Crippen LogP contribution < -0.4 is 5.30 Å². The summed E-state index contributed by atoms with van der Waals surface area (Å²) in [6, 6.07) is 3.32. The summed E-state index contributed by atoms with van der Waals surface area (Å²) in [7, 11) is -0.815. The third-order valence-corrected chi connectivity index (χ3v) is 4.77. The zero-order valence-electron chi connectivity index (χ0n) is 8.58. The van der Waals surface area contributed by atoms with Crippen LogP contribution in [0.25, 0.3) is 0 Å². The van der Waals surface area contributed by atoms with E-state index < -0.39 is 7.60 Å². The van der Waals surface area contributed by atoms with E-state index in [-0.39, 0.29) is 15.3 Å². The predicted molar refractivity (Wildman–Crippen MR) is 62.5 cm³/mol. The molecule has 0 amide bonds. The van der Waals surface area contributed by atoms with Crippen LogP contribution in [0.4, 0.5) is 0 Å². The minimum atomic E-state index is -3.39. The van der Waals surface area contributed by atoms with Crippen molar-refractivity contribution in [3.05, 3.63) is 27.7 Å². The van der Waals surface area contributed by atoms with Crippen LogP contribution in [0.15, 0.2) is 12.1 Å². The van der Waals surface area contributed by atoms with Gasteiger partial charge < -0.3 is 9.05 Å². The predicted octanol–water partition coefficient (Wildman–Crippen LogP) is 3.41. The van der Waals surface area contributed by atoms with Crippen molar-refractivity contribution in [2.24, 2.45) is 0 Å². The van der Waals surface area contributed by atoms with Gasteiger partial charge in [0.2, 0.25) is 0 Å². The molecule has 0 unspecified atom stereocenters. The molecule has 0 bridgehead atoms. The molecule has 6 heteroatoms. The maximum atomic E-state index is 12.1. The first-order valence-corrected chi connectivity index (χ1v) is 6.42. The van der Waals surface area contributed by atoms with E-state index in [1.165, 1.54) is 14.2 Å². The van der Waals surface area contributed by atoms with Gasteiger partial charge in [-0.05, 0) is 24.6 Å². The Balaban J connectivity index is 3.43. The van der Waals surface area contributed by atoms with Gasteiger partial charge in [0.1, 0.15) is 5.30 Å². The summed E-state index contributed by atoms with van der Waals surface area (Å²) in [5.74, 6) is 0. The topological polar surface area (TPSA) is 35.5 Å². The molecule has 3 nitrogen and oxygen atoms in total. The highest BCUT2D eigenvalue weighted by molar-refractivity contribution is 7.62. The quantitative estimate of drug-likeness (QED) is 0.789. The molecular weight excluding hydrogens is 258 g/mol. The Bertz CT molecular complexity index is 389. The minimum absolute atomic E-state index is 0.210. The van der Waals surface area contributed by atoms with E-state index in [9.17, 15) is 4.57 Å². The molecule has 0 heterocycles. The molecule has 0 atom stereocenters. The third kappa shape index (κ3) is 2.55. The van der Waals surface area contributed by atoms with Crippen LogP contribution in [0.2, 0.25) is 10.0 Å². The van der Waals surface area contributed by atoms with Crippen LogP contribution in [-0.2, 0) is 13.6 Å². The second kappa shape index (κ2) is 4.86. The smallest absolute Gasteiger partial charge is 0.308 e. The zero-order valence-corrected chi connectivity index (χ0v) is 11.0. The monoisotopic (exact) mass is 268 g/mol. The second-order valence-corrected chi connectivity index (χ2v) is 5.93. The van der Waals surface area contributed by atoms with Gasteiger partial charge in [0, 0.05) is 14.2 Å². The Morgan fingerprint density at radius 3 is 1.87 bits per heavy atom. The van der Waals surface area contributed by atoms with E-state index in [0.29, 0.717) is 0 Å². The Hall–Kier alpha value is -0.0500. The van der Waals surface area contributed by atoms with E-state index in [1.54, 1.807) is 12.1 Å². The molecule has 1 aromatic carbocycles. The fourth-order valence-corrected chi connectivity index (χ4v) is 3.59. The molecule has 1 rings (SSSR count). The lowest BCUT2D eigenvalue weighted by Gasteiger charge is -2.16. The van der Waals surface area contributed by atoms with Crippen molar-refractivity contribution in [3.63, 3.8) is 0 Å². The molecule has 0 radical (unpaired) electrons. The van der Waals surface area contributed by atoms with Crippen LogP contribution in [0.5, 0.6) is 0 Å². The van der Waals surface area contributed by atoms with Gasteiger partial charge in [-0.15, -0.1) is 0 Å². The molecule has 1 aromatic rings. The Kier molecular flexibility index (Phi) is 4.21. The fourth-order valence-electron chi connectivity index (χ4n) is 1.21. The van der Waals surface area contributed by atoms with Crippen LogP contribution >= 0.6 is 30.8 Å².